The van der Waals surface area contributed by atoms with Crippen LogP contribution >= 0.6 is 24.0 Å². The number of aliphatic imine (C=N–C) groups is 1. The highest BCUT2D eigenvalue weighted by Gasteiger charge is 2.36. The molecule has 1 saturated carbocycles. The van der Waals surface area contributed by atoms with Crippen molar-refractivity contribution in [3.05, 3.63) is 29.6 Å². The number of pyridine rings is 1. The molecule has 136 valence electrons. The molecule has 0 radical (unpaired) electrons. The summed E-state index contributed by atoms with van der Waals surface area (Å²) in [4.78, 5) is 8.65. The van der Waals surface area contributed by atoms with Crippen LogP contribution < -0.4 is 10.6 Å². The van der Waals surface area contributed by atoms with Crippen molar-refractivity contribution < 1.29 is 4.74 Å². The molecule has 1 aromatic rings. The number of nitrogens with one attached hydrogen (secondary N) is 2. The van der Waals surface area contributed by atoms with Gasteiger partial charge in [0.25, 0.3) is 0 Å². The fraction of sp³-hybridized carbons (Fsp3) is 0.667. The van der Waals surface area contributed by atoms with Crippen molar-refractivity contribution in [1.82, 2.24) is 15.6 Å². The fourth-order valence-corrected chi connectivity index (χ4v) is 2.97. The van der Waals surface area contributed by atoms with Crippen molar-refractivity contribution in [2.45, 2.75) is 39.0 Å². The van der Waals surface area contributed by atoms with Gasteiger partial charge >= 0.3 is 0 Å². The second-order valence-electron chi connectivity index (χ2n) is 6.51. The van der Waals surface area contributed by atoms with E-state index in [1.54, 1.807) is 7.11 Å². The van der Waals surface area contributed by atoms with Crippen molar-refractivity contribution in [2.24, 2.45) is 10.4 Å². The monoisotopic (exact) mass is 446 g/mol. The maximum Gasteiger partial charge on any atom is 0.191 e. The zero-order valence-electron chi connectivity index (χ0n) is 15.1. The van der Waals surface area contributed by atoms with E-state index in [0.717, 1.165) is 44.2 Å². The largest absolute Gasteiger partial charge is 0.385 e. The first-order valence-electron chi connectivity index (χ1n) is 8.52. The normalized spacial score (nSPS) is 16.0. The Bertz CT molecular complexity index is 500. The number of aromatic nitrogens is 1. The number of methoxy groups -OCH3 is 1. The molecule has 0 atom stereocenters. The number of nitrogens with zero attached hydrogens (tertiary/aromatic N) is 2. The number of rotatable bonds is 8. The van der Waals surface area contributed by atoms with E-state index < -0.39 is 0 Å². The predicted octanol–water partition coefficient (Wildman–Crippen LogP) is 2.92. The van der Waals surface area contributed by atoms with Crippen LogP contribution in [0, 0.1) is 12.3 Å². The molecule has 1 aromatic heterocycles. The summed E-state index contributed by atoms with van der Waals surface area (Å²) in [5.74, 6) is 0.883. The van der Waals surface area contributed by atoms with Crippen molar-refractivity contribution in [3.8, 4) is 0 Å². The molecule has 0 amide bonds. The molecule has 0 unspecified atom stereocenters. The van der Waals surface area contributed by atoms with Gasteiger partial charge in [0.1, 0.15) is 0 Å². The van der Waals surface area contributed by atoms with Crippen LogP contribution in [-0.4, -0.2) is 44.8 Å². The third-order valence-corrected chi connectivity index (χ3v) is 4.78. The fourth-order valence-electron chi connectivity index (χ4n) is 2.97. The van der Waals surface area contributed by atoms with Gasteiger partial charge in [-0.25, -0.2) is 0 Å². The molecule has 1 heterocycles. The standard InChI is InChI=1S/C18H30N4O.HI/c1-15-5-6-16(13-21-15)7-11-20-17(19-2)22-14-18(8-4-9-18)10-12-23-3;/h5-6,13H,4,7-12,14H2,1-3H3,(H2,19,20,22);1H. The third kappa shape index (κ3) is 6.55. The van der Waals surface area contributed by atoms with E-state index in [2.05, 4.69) is 32.7 Å². The van der Waals surface area contributed by atoms with Crippen LogP contribution in [0.4, 0.5) is 0 Å². The lowest BCUT2D eigenvalue weighted by Gasteiger charge is -2.42. The lowest BCUT2D eigenvalue weighted by Crippen LogP contribution is -2.47. The van der Waals surface area contributed by atoms with Gasteiger partial charge in [0.15, 0.2) is 5.96 Å². The molecule has 5 nitrogen and oxygen atoms in total. The first-order valence-corrected chi connectivity index (χ1v) is 8.52. The number of hydrogen-bond acceptors (Lipinski definition) is 3. The van der Waals surface area contributed by atoms with E-state index in [-0.39, 0.29) is 24.0 Å². The number of ether oxygens (including phenoxy) is 1. The maximum absolute atomic E-state index is 5.25. The van der Waals surface area contributed by atoms with Crippen molar-refractivity contribution >= 4 is 29.9 Å². The molecule has 0 spiro atoms. The molecule has 6 heteroatoms. The lowest BCUT2D eigenvalue weighted by atomic mass is 9.67. The highest BCUT2D eigenvalue weighted by atomic mass is 127. The van der Waals surface area contributed by atoms with Gasteiger partial charge in [0, 0.05) is 45.7 Å². The van der Waals surface area contributed by atoms with Crippen LogP contribution in [0.5, 0.6) is 0 Å². The minimum atomic E-state index is 0. The molecular formula is C18H31IN4O. The van der Waals surface area contributed by atoms with E-state index in [4.69, 9.17) is 4.74 Å². The Kier molecular flexibility index (Phi) is 9.58. The number of hydrogen-bond donors (Lipinski definition) is 2. The number of aryl methyl sites for hydroxylation is 1. The van der Waals surface area contributed by atoms with E-state index >= 15 is 0 Å². The van der Waals surface area contributed by atoms with Crippen LogP contribution in [0.3, 0.4) is 0 Å². The van der Waals surface area contributed by atoms with Gasteiger partial charge in [-0.2, -0.15) is 0 Å². The zero-order valence-corrected chi connectivity index (χ0v) is 17.4. The minimum absolute atomic E-state index is 0. The smallest absolute Gasteiger partial charge is 0.191 e. The quantitative estimate of drug-likeness (QED) is 0.366. The van der Waals surface area contributed by atoms with Crippen molar-refractivity contribution in [2.75, 3.05) is 33.9 Å². The molecular weight excluding hydrogens is 415 g/mol. The molecule has 1 fully saturated rings. The topological polar surface area (TPSA) is 58.5 Å². The summed E-state index contributed by atoms with van der Waals surface area (Å²) in [6.45, 7) is 4.68. The second-order valence-corrected chi connectivity index (χ2v) is 6.51. The molecule has 0 aromatic carbocycles. The average Bonchev–Trinajstić information content (AvgIpc) is 2.53. The Morgan fingerprint density at radius 2 is 2.12 bits per heavy atom. The second kappa shape index (κ2) is 10.9. The average molecular weight is 446 g/mol. The maximum atomic E-state index is 5.25. The van der Waals surface area contributed by atoms with Gasteiger partial charge in [0.2, 0.25) is 0 Å². The highest BCUT2D eigenvalue weighted by molar-refractivity contribution is 14.0. The zero-order chi connectivity index (χ0) is 16.5. The summed E-state index contributed by atoms with van der Waals surface area (Å²) in [5.41, 5.74) is 2.70. The minimum Gasteiger partial charge on any atom is -0.385 e. The highest BCUT2D eigenvalue weighted by Crippen LogP contribution is 2.43. The molecule has 0 bridgehead atoms. The van der Waals surface area contributed by atoms with E-state index in [0.29, 0.717) is 5.41 Å². The Balaban J connectivity index is 0.00000288. The van der Waals surface area contributed by atoms with Crippen LogP contribution in [0.1, 0.15) is 36.9 Å². The van der Waals surface area contributed by atoms with E-state index in [1.165, 1.54) is 24.8 Å². The van der Waals surface area contributed by atoms with Gasteiger partial charge in [-0.05, 0) is 49.7 Å². The Labute approximate surface area is 163 Å². The van der Waals surface area contributed by atoms with Gasteiger partial charge < -0.3 is 15.4 Å². The van der Waals surface area contributed by atoms with Crippen LogP contribution in [-0.2, 0) is 11.2 Å². The molecule has 1 aliphatic carbocycles. The Morgan fingerprint density at radius 3 is 2.67 bits per heavy atom. The van der Waals surface area contributed by atoms with Crippen molar-refractivity contribution in [1.29, 1.82) is 0 Å². The van der Waals surface area contributed by atoms with Gasteiger partial charge in [-0.3, -0.25) is 9.98 Å². The van der Waals surface area contributed by atoms with Crippen LogP contribution in [0.2, 0.25) is 0 Å². The first-order chi connectivity index (χ1) is 11.2. The van der Waals surface area contributed by atoms with E-state index in [9.17, 15) is 0 Å². The molecule has 1 aliphatic rings. The SMILES string of the molecule is CN=C(NCCc1ccc(C)nc1)NCC1(CCOC)CCC1.I. The summed E-state index contributed by atoms with van der Waals surface area (Å²) in [6.07, 6.45) is 7.93. The molecule has 24 heavy (non-hydrogen) atoms. The van der Waals surface area contributed by atoms with Crippen molar-refractivity contribution in [3.63, 3.8) is 0 Å². The summed E-state index contributed by atoms with van der Waals surface area (Å²) < 4.78 is 5.25. The van der Waals surface area contributed by atoms with E-state index in [1.807, 2.05) is 20.2 Å². The van der Waals surface area contributed by atoms with Gasteiger partial charge in [-0.1, -0.05) is 12.5 Å². The molecule has 2 N–H and O–H groups in total. The Morgan fingerprint density at radius 1 is 1.33 bits per heavy atom. The number of halogens is 1. The Hall–Kier alpha value is -0.890. The molecule has 0 saturated heterocycles. The lowest BCUT2D eigenvalue weighted by molar-refractivity contribution is 0.0732. The van der Waals surface area contributed by atoms with Crippen LogP contribution in [0.15, 0.2) is 23.3 Å². The molecule has 2 rings (SSSR count). The summed E-state index contributed by atoms with van der Waals surface area (Å²) in [5, 5.41) is 6.87. The van der Waals surface area contributed by atoms with Gasteiger partial charge in [0.05, 0.1) is 0 Å². The molecule has 0 aliphatic heterocycles. The predicted molar refractivity (Wildman–Crippen MR) is 110 cm³/mol. The first kappa shape index (κ1) is 21.2. The van der Waals surface area contributed by atoms with Crippen LogP contribution in [0.25, 0.3) is 0 Å². The summed E-state index contributed by atoms with van der Waals surface area (Å²) >= 11 is 0. The third-order valence-electron chi connectivity index (χ3n) is 4.78. The summed E-state index contributed by atoms with van der Waals surface area (Å²) in [6, 6.07) is 4.19. The summed E-state index contributed by atoms with van der Waals surface area (Å²) in [7, 11) is 3.60. The van der Waals surface area contributed by atoms with Gasteiger partial charge in [-0.15, -0.1) is 24.0 Å². The number of guanidine groups is 1.